The van der Waals surface area contributed by atoms with Crippen LogP contribution >= 0.6 is 11.3 Å². The molecule has 142 valence electrons. The SMILES string of the molecule is CCc1cc(=O)n2nc(N3CCC(C)N(Cc4ccccc4)CC3)sc2n1. The lowest BCUT2D eigenvalue weighted by Crippen LogP contribution is -2.34. The Kier molecular flexibility index (Phi) is 5.22. The van der Waals surface area contributed by atoms with Crippen LogP contribution in [0.25, 0.3) is 4.96 Å². The molecule has 0 N–H and O–H groups in total. The van der Waals surface area contributed by atoms with Crippen molar-refractivity contribution in [1.82, 2.24) is 19.5 Å². The highest BCUT2D eigenvalue weighted by molar-refractivity contribution is 7.20. The van der Waals surface area contributed by atoms with Crippen LogP contribution in [0.2, 0.25) is 0 Å². The summed E-state index contributed by atoms with van der Waals surface area (Å²) in [6.45, 7) is 8.11. The molecule has 0 aliphatic carbocycles. The molecule has 0 spiro atoms. The van der Waals surface area contributed by atoms with Gasteiger partial charge in [0, 0.05) is 44.0 Å². The van der Waals surface area contributed by atoms with Crippen LogP contribution in [0, 0.1) is 0 Å². The number of fused-ring (bicyclic) bond motifs is 1. The van der Waals surface area contributed by atoms with E-state index in [4.69, 9.17) is 0 Å². The number of benzene rings is 1. The minimum absolute atomic E-state index is 0.0896. The molecule has 7 heteroatoms. The van der Waals surface area contributed by atoms with E-state index in [1.807, 2.05) is 6.92 Å². The van der Waals surface area contributed by atoms with Crippen molar-refractivity contribution in [2.75, 3.05) is 24.5 Å². The summed E-state index contributed by atoms with van der Waals surface area (Å²) in [6, 6.07) is 12.7. The summed E-state index contributed by atoms with van der Waals surface area (Å²) in [4.78, 5) is 22.3. The zero-order valence-corrected chi connectivity index (χ0v) is 16.7. The molecule has 1 aliphatic heterocycles. The molecule has 0 saturated carbocycles. The number of rotatable bonds is 4. The summed E-state index contributed by atoms with van der Waals surface area (Å²) >= 11 is 1.51. The summed E-state index contributed by atoms with van der Waals surface area (Å²) in [7, 11) is 0. The van der Waals surface area contributed by atoms with Crippen molar-refractivity contribution in [1.29, 1.82) is 0 Å². The predicted molar refractivity (Wildman–Crippen MR) is 110 cm³/mol. The van der Waals surface area contributed by atoms with Gasteiger partial charge in [0.2, 0.25) is 10.1 Å². The first-order valence-electron chi connectivity index (χ1n) is 9.56. The molecule has 27 heavy (non-hydrogen) atoms. The molecule has 1 atom stereocenters. The number of anilines is 1. The summed E-state index contributed by atoms with van der Waals surface area (Å²) in [5.74, 6) is 0. The van der Waals surface area contributed by atoms with E-state index in [1.54, 1.807) is 6.07 Å². The number of nitrogens with zero attached hydrogens (tertiary/aromatic N) is 5. The van der Waals surface area contributed by atoms with Crippen LogP contribution in [0.4, 0.5) is 5.13 Å². The second-order valence-electron chi connectivity index (χ2n) is 7.10. The third kappa shape index (κ3) is 3.89. The minimum atomic E-state index is -0.0896. The topological polar surface area (TPSA) is 53.7 Å². The van der Waals surface area contributed by atoms with Crippen molar-refractivity contribution in [2.45, 2.75) is 39.3 Å². The van der Waals surface area contributed by atoms with Crippen molar-refractivity contribution in [3.05, 3.63) is 58.0 Å². The van der Waals surface area contributed by atoms with Gasteiger partial charge in [-0.15, -0.1) is 5.10 Å². The van der Waals surface area contributed by atoms with Crippen molar-refractivity contribution < 1.29 is 0 Å². The van der Waals surface area contributed by atoms with Crippen LogP contribution in [0.15, 0.2) is 41.2 Å². The standard InChI is InChI=1S/C20H25N5OS/c1-3-17-13-18(26)25-19(21-17)27-20(22-25)23-10-9-15(2)24(12-11-23)14-16-7-5-4-6-8-16/h4-8,13,15H,3,9-12,14H2,1-2H3. The molecule has 3 aromatic rings. The second kappa shape index (κ2) is 7.78. The van der Waals surface area contributed by atoms with Gasteiger partial charge in [0.1, 0.15) is 0 Å². The summed E-state index contributed by atoms with van der Waals surface area (Å²) in [6.07, 6.45) is 1.83. The van der Waals surface area contributed by atoms with Gasteiger partial charge in [-0.2, -0.15) is 4.52 Å². The number of aryl methyl sites for hydroxylation is 1. The summed E-state index contributed by atoms with van der Waals surface area (Å²) in [5.41, 5.74) is 2.09. The van der Waals surface area contributed by atoms with E-state index in [0.29, 0.717) is 11.0 Å². The Morgan fingerprint density at radius 2 is 2.00 bits per heavy atom. The van der Waals surface area contributed by atoms with Crippen molar-refractivity contribution in [2.24, 2.45) is 0 Å². The Morgan fingerprint density at radius 1 is 1.19 bits per heavy atom. The summed E-state index contributed by atoms with van der Waals surface area (Å²) in [5, 5.41) is 5.45. The normalized spacial score (nSPS) is 18.7. The van der Waals surface area contributed by atoms with E-state index >= 15 is 0 Å². The zero-order chi connectivity index (χ0) is 18.8. The molecule has 1 saturated heterocycles. The highest BCUT2D eigenvalue weighted by Crippen LogP contribution is 2.24. The van der Waals surface area contributed by atoms with Gasteiger partial charge < -0.3 is 4.90 Å². The Balaban J connectivity index is 1.53. The van der Waals surface area contributed by atoms with Gasteiger partial charge in [-0.1, -0.05) is 48.6 Å². The molecule has 1 aliphatic rings. The highest BCUT2D eigenvalue weighted by atomic mass is 32.1. The molecule has 1 aromatic carbocycles. The first-order valence-corrected chi connectivity index (χ1v) is 10.4. The molecule has 2 aromatic heterocycles. The quantitative estimate of drug-likeness (QED) is 0.693. The van der Waals surface area contributed by atoms with Crippen molar-refractivity contribution >= 4 is 21.4 Å². The van der Waals surface area contributed by atoms with Gasteiger partial charge >= 0.3 is 0 Å². The maximum Gasteiger partial charge on any atom is 0.275 e. The average molecular weight is 384 g/mol. The predicted octanol–water partition coefficient (Wildman–Crippen LogP) is 2.81. The van der Waals surface area contributed by atoms with Crippen LogP contribution in [0.3, 0.4) is 0 Å². The lowest BCUT2D eigenvalue weighted by molar-refractivity contribution is 0.212. The molecule has 0 bridgehead atoms. The Morgan fingerprint density at radius 3 is 2.78 bits per heavy atom. The fourth-order valence-corrected chi connectivity index (χ4v) is 4.48. The van der Waals surface area contributed by atoms with Gasteiger partial charge in [0.15, 0.2) is 0 Å². The monoisotopic (exact) mass is 383 g/mol. The summed E-state index contributed by atoms with van der Waals surface area (Å²) < 4.78 is 1.44. The second-order valence-corrected chi connectivity index (χ2v) is 8.03. The first-order chi connectivity index (χ1) is 13.1. The van der Waals surface area contributed by atoms with Crippen molar-refractivity contribution in [3.63, 3.8) is 0 Å². The van der Waals surface area contributed by atoms with Gasteiger partial charge in [0.25, 0.3) is 5.56 Å². The number of hydrogen-bond acceptors (Lipinski definition) is 6. The van der Waals surface area contributed by atoms with Crippen LogP contribution < -0.4 is 10.5 Å². The van der Waals surface area contributed by atoms with Crippen LogP contribution in [-0.4, -0.2) is 45.2 Å². The molecular weight excluding hydrogens is 358 g/mol. The van der Waals surface area contributed by atoms with Gasteiger partial charge in [-0.05, 0) is 25.3 Å². The average Bonchev–Trinajstić information content (AvgIpc) is 3.03. The maximum atomic E-state index is 12.3. The fourth-order valence-electron chi connectivity index (χ4n) is 3.51. The van der Waals surface area contributed by atoms with Gasteiger partial charge in [0.05, 0.1) is 0 Å². The number of hydrogen-bond donors (Lipinski definition) is 0. The lowest BCUT2D eigenvalue weighted by atomic mass is 10.1. The Bertz CT molecular complexity index is 967. The van der Waals surface area contributed by atoms with Crippen LogP contribution in [-0.2, 0) is 13.0 Å². The molecule has 0 amide bonds. The van der Waals surface area contributed by atoms with E-state index in [1.165, 1.54) is 21.4 Å². The van der Waals surface area contributed by atoms with E-state index in [-0.39, 0.29) is 5.56 Å². The zero-order valence-electron chi connectivity index (χ0n) is 15.8. The van der Waals surface area contributed by atoms with Crippen LogP contribution in [0.5, 0.6) is 0 Å². The van der Waals surface area contributed by atoms with Crippen molar-refractivity contribution in [3.8, 4) is 0 Å². The minimum Gasteiger partial charge on any atom is -0.345 e. The number of aromatic nitrogens is 3. The van der Waals surface area contributed by atoms with E-state index < -0.39 is 0 Å². The fraction of sp³-hybridized carbons (Fsp3) is 0.450. The van der Waals surface area contributed by atoms with E-state index in [9.17, 15) is 4.79 Å². The molecule has 4 rings (SSSR count). The van der Waals surface area contributed by atoms with Gasteiger partial charge in [-0.3, -0.25) is 9.69 Å². The van der Waals surface area contributed by atoms with Gasteiger partial charge in [-0.25, -0.2) is 4.98 Å². The molecule has 6 nitrogen and oxygen atoms in total. The lowest BCUT2D eigenvalue weighted by Gasteiger charge is -2.26. The largest absolute Gasteiger partial charge is 0.345 e. The molecule has 0 radical (unpaired) electrons. The molecule has 3 heterocycles. The Labute approximate surface area is 163 Å². The molecule has 1 unspecified atom stereocenters. The maximum absolute atomic E-state index is 12.3. The molecular formula is C20H25N5OS. The van der Waals surface area contributed by atoms with E-state index in [2.05, 4.69) is 57.1 Å². The Hall–Kier alpha value is -2.25. The smallest absolute Gasteiger partial charge is 0.275 e. The third-order valence-electron chi connectivity index (χ3n) is 5.25. The van der Waals surface area contributed by atoms with E-state index in [0.717, 1.165) is 49.8 Å². The van der Waals surface area contributed by atoms with Crippen LogP contribution in [0.1, 0.15) is 31.5 Å². The molecule has 1 fully saturated rings. The highest BCUT2D eigenvalue weighted by Gasteiger charge is 2.23. The first kappa shape index (κ1) is 18.1. The third-order valence-corrected chi connectivity index (χ3v) is 6.22.